The van der Waals surface area contributed by atoms with Gasteiger partial charge in [-0.15, -0.1) is 0 Å². The van der Waals surface area contributed by atoms with Gasteiger partial charge in [0.1, 0.15) is 5.82 Å². The fourth-order valence-corrected chi connectivity index (χ4v) is 2.61. The number of benzene rings is 1. The van der Waals surface area contributed by atoms with E-state index < -0.39 is 0 Å². The van der Waals surface area contributed by atoms with Gasteiger partial charge in [0, 0.05) is 7.05 Å². The molecule has 1 heterocycles. The number of hydrogen-bond donors (Lipinski definition) is 1. The van der Waals surface area contributed by atoms with E-state index in [2.05, 4.69) is 17.3 Å². The van der Waals surface area contributed by atoms with E-state index in [1.54, 1.807) is 16.9 Å². The Bertz CT molecular complexity index is 555. The predicted molar refractivity (Wildman–Crippen MR) is 79.5 cm³/mol. The molecule has 1 aromatic heterocycles. The molecule has 0 aliphatic rings. The van der Waals surface area contributed by atoms with Crippen molar-refractivity contribution in [2.75, 3.05) is 6.54 Å². The molecule has 1 N–H and O–H groups in total. The summed E-state index contributed by atoms with van der Waals surface area (Å²) >= 11 is 6.23. The van der Waals surface area contributed by atoms with Crippen molar-refractivity contribution in [1.82, 2.24) is 15.1 Å². The van der Waals surface area contributed by atoms with Crippen LogP contribution in [0.1, 0.15) is 36.2 Å². The molecule has 20 heavy (non-hydrogen) atoms. The number of halogens is 2. The van der Waals surface area contributed by atoms with E-state index in [0.717, 1.165) is 29.8 Å². The van der Waals surface area contributed by atoms with Crippen LogP contribution in [0, 0.1) is 12.7 Å². The van der Waals surface area contributed by atoms with E-state index in [1.165, 1.54) is 6.07 Å². The Morgan fingerprint density at radius 3 is 2.70 bits per heavy atom. The molecule has 108 valence electrons. The van der Waals surface area contributed by atoms with Gasteiger partial charge in [-0.05, 0) is 43.1 Å². The minimum Gasteiger partial charge on any atom is -0.305 e. The summed E-state index contributed by atoms with van der Waals surface area (Å²) in [7, 11) is 1.84. The third-order valence-corrected chi connectivity index (χ3v) is 3.50. The predicted octanol–water partition coefficient (Wildman–Crippen LogP) is 3.61. The van der Waals surface area contributed by atoms with Crippen LogP contribution in [0.15, 0.2) is 24.4 Å². The van der Waals surface area contributed by atoms with Crippen LogP contribution in [0.5, 0.6) is 0 Å². The molecule has 1 unspecified atom stereocenters. The van der Waals surface area contributed by atoms with Gasteiger partial charge in [0.15, 0.2) is 0 Å². The average molecular weight is 296 g/mol. The minimum absolute atomic E-state index is 0.163. The van der Waals surface area contributed by atoms with Gasteiger partial charge < -0.3 is 5.32 Å². The monoisotopic (exact) mass is 295 g/mol. The lowest BCUT2D eigenvalue weighted by Crippen LogP contribution is -2.25. The van der Waals surface area contributed by atoms with Gasteiger partial charge in [0.2, 0.25) is 0 Å². The highest BCUT2D eigenvalue weighted by molar-refractivity contribution is 6.31. The molecule has 1 aromatic carbocycles. The van der Waals surface area contributed by atoms with Gasteiger partial charge in [-0.1, -0.05) is 24.6 Å². The van der Waals surface area contributed by atoms with Crippen LogP contribution in [0.2, 0.25) is 5.02 Å². The molecule has 0 saturated carbocycles. The summed E-state index contributed by atoms with van der Waals surface area (Å²) in [6, 6.07) is 4.87. The lowest BCUT2D eigenvalue weighted by atomic mass is 10.0. The van der Waals surface area contributed by atoms with Crippen LogP contribution in [0.4, 0.5) is 4.39 Å². The molecule has 0 bridgehead atoms. The number of aryl methyl sites for hydroxylation is 2. The van der Waals surface area contributed by atoms with E-state index in [0.29, 0.717) is 5.02 Å². The van der Waals surface area contributed by atoms with Crippen molar-refractivity contribution in [2.45, 2.75) is 26.3 Å². The Hall–Kier alpha value is -1.39. The van der Waals surface area contributed by atoms with Gasteiger partial charge in [0.05, 0.1) is 23.0 Å². The second-order valence-corrected chi connectivity index (χ2v) is 5.36. The zero-order chi connectivity index (χ0) is 14.7. The van der Waals surface area contributed by atoms with Gasteiger partial charge in [0.25, 0.3) is 0 Å². The molecular weight excluding hydrogens is 277 g/mol. The molecule has 3 nitrogen and oxygen atoms in total. The highest BCUT2D eigenvalue weighted by Crippen LogP contribution is 2.28. The lowest BCUT2D eigenvalue weighted by Gasteiger charge is -2.20. The molecule has 0 aliphatic heterocycles. The third kappa shape index (κ3) is 3.19. The zero-order valence-corrected chi connectivity index (χ0v) is 12.7. The van der Waals surface area contributed by atoms with Crippen molar-refractivity contribution in [3.8, 4) is 0 Å². The van der Waals surface area contributed by atoms with E-state index in [-0.39, 0.29) is 11.9 Å². The SMILES string of the molecule is CCCNC(c1cc(C)cc(F)c1)c1c(Cl)cnn1C. The van der Waals surface area contributed by atoms with Crippen LogP contribution in [0.25, 0.3) is 0 Å². The quantitative estimate of drug-likeness (QED) is 0.913. The first-order chi connectivity index (χ1) is 9.52. The van der Waals surface area contributed by atoms with E-state index >= 15 is 0 Å². The number of hydrogen-bond acceptors (Lipinski definition) is 2. The zero-order valence-electron chi connectivity index (χ0n) is 12.0. The number of aromatic nitrogens is 2. The van der Waals surface area contributed by atoms with Crippen LogP contribution in [-0.4, -0.2) is 16.3 Å². The Labute approximate surface area is 123 Å². The number of nitrogens with zero attached hydrogens (tertiary/aromatic N) is 2. The molecule has 0 spiro atoms. The highest BCUT2D eigenvalue weighted by atomic mass is 35.5. The Morgan fingerprint density at radius 1 is 1.40 bits per heavy atom. The highest BCUT2D eigenvalue weighted by Gasteiger charge is 2.21. The van der Waals surface area contributed by atoms with Crippen molar-refractivity contribution < 1.29 is 4.39 Å². The maximum atomic E-state index is 13.7. The van der Waals surface area contributed by atoms with Crippen LogP contribution in [-0.2, 0) is 7.05 Å². The summed E-state index contributed by atoms with van der Waals surface area (Å²) in [6.07, 6.45) is 2.60. The lowest BCUT2D eigenvalue weighted by molar-refractivity contribution is 0.547. The smallest absolute Gasteiger partial charge is 0.123 e. The molecule has 0 radical (unpaired) electrons. The van der Waals surface area contributed by atoms with Crippen molar-refractivity contribution >= 4 is 11.6 Å². The second-order valence-electron chi connectivity index (χ2n) is 4.95. The maximum Gasteiger partial charge on any atom is 0.123 e. The number of nitrogens with one attached hydrogen (secondary N) is 1. The Kier molecular flexibility index (Phi) is 4.78. The van der Waals surface area contributed by atoms with Gasteiger partial charge in [-0.3, -0.25) is 4.68 Å². The van der Waals surface area contributed by atoms with Gasteiger partial charge in [-0.25, -0.2) is 4.39 Å². The van der Waals surface area contributed by atoms with Gasteiger partial charge >= 0.3 is 0 Å². The molecule has 0 aliphatic carbocycles. The summed E-state index contributed by atoms with van der Waals surface area (Å²) in [4.78, 5) is 0. The molecule has 0 amide bonds. The summed E-state index contributed by atoms with van der Waals surface area (Å²) in [5.74, 6) is -0.235. The first kappa shape index (κ1) is 15.0. The van der Waals surface area contributed by atoms with Crippen molar-refractivity contribution in [1.29, 1.82) is 0 Å². The van der Waals surface area contributed by atoms with E-state index in [4.69, 9.17) is 11.6 Å². The fourth-order valence-electron chi connectivity index (χ4n) is 2.34. The van der Waals surface area contributed by atoms with Crippen molar-refractivity contribution in [3.63, 3.8) is 0 Å². The van der Waals surface area contributed by atoms with E-state index in [9.17, 15) is 4.39 Å². The third-order valence-electron chi connectivity index (χ3n) is 3.21. The van der Waals surface area contributed by atoms with Crippen LogP contribution in [0.3, 0.4) is 0 Å². The normalized spacial score (nSPS) is 12.7. The first-order valence-electron chi connectivity index (χ1n) is 6.70. The molecule has 0 fully saturated rings. The fraction of sp³-hybridized carbons (Fsp3) is 0.400. The molecule has 2 aromatic rings. The molecule has 1 atom stereocenters. The molecule has 0 saturated heterocycles. The summed E-state index contributed by atoms with van der Waals surface area (Å²) in [5, 5.41) is 8.16. The molecular formula is C15H19ClFN3. The van der Waals surface area contributed by atoms with Crippen molar-refractivity contribution in [2.24, 2.45) is 7.05 Å². The maximum absolute atomic E-state index is 13.7. The molecule has 2 rings (SSSR count). The topological polar surface area (TPSA) is 29.9 Å². The second kappa shape index (κ2) is 6.37. The largest absolute Gasteiger partial charge is 0.305 e. The Morgan fingerprint density at radius 2 is 2.15 bits per heavy atom. The summed E-state index contributed by atoms with van der Waals surface area (Å²) in [5.41, 5.74) is 2.60. The summed E-state index contributed by atoms with van der Waals surface area (Å²) < 4.78 is 15.4. The van der Waals surface area contributed by atoms with Crippen LogP contribution >= 0.6 is 11.6 Å². The average Bonchev–Trinajstić information content (AvgIpc) is 2.70. The minimum atomic E-state index is -0.235. The Balaban J connectivity index is 2.47. The van der Waals surface area contributed by atoms with Gasteiger partial charge in [-0.2, -0.15) is 5.10 Å². The summed E-state index contributed by atoms with van der Waals surface area (Å²) in [6.45, 7) is 4.79. The van der Waals surface area contributed by atoms with Crippen LogP contribution < -0.4 is 5.32 Å². The van der Waals surface area contributed by atoms with E-state index in [1.807, 2.05) is 20.0 Å². The first-order valence-corrected chi connectivity index (χ1v) is 7.08. The number of rotatable bonds is 5. The molecule has 5 heteroatoms. The van der Waals surface area contributed by atoms with Crippen molar-refractivity contribution in [3.05, 3.63) is 52.1 Å². The standard InChI is InChI=1S/C15H19ClFN3/c1-4-5-18-14(15-13(16)9-19-20(15)3)11-6-10(2)7-12(17)8-11/h6-9,14,18H,4-5H2,1-3H3.